The SMILES string of the molecule is O=C(O)CCCCCCNC(=O)Nc1ccc(I)cc1. The first-order valence-corrected chi connectivity index (χ1v) is 7.68. The summed E-state index contributed by atoms with van der Waals surface area (Å²) in [5, 5.41) is 14.0. The number of nitrogens with one attached hydrogen (secondary N) is 2. The fourth-order valence-electron chi connectivity index (χ4n) is 1.67. The second-order valence-corrected chi connectivity index (χ2v) is 5.69. The van der Waals surface area contributed by atoms with Crippen LogP contribution in [0.15, 0.2) is 24.3 Å². The summed E-state index contributed by atoms with van der Waals surface area (Å²) in [5.74, 6) is -0.750. The Bertz CT molecular complexity index is 435. The van der Waals surface area contributed by atoms with Crippen molar-refractivity contribution in [1.29, 1.82) is 0 Å². The lowest BCUT2D eigenvalue weighted by atomic mass is 10.1. The summed E-state index contributed by atoms with van der Waals surface area (Å²) in [4.78, 5) is 21.9. The van der Waals surface area contributed by atoms with Gasteiger partial charge in [-0.2, -0.15) is 0 Å². The molecule has 5 nitrogen and oxygen atoms in total. The molecule has 0 saturated heterocycles. The number of hydrogen-bond donors (Lipinski definition) is 3. The van der Waals surface area contributed by atoms with Gasteiger partial charge in [0, 0.05) is 22.2 Å². The van der Waals surface area contributed by atoms with Crippen LogP contribution in [0.4, 0.5) is 10.5 Å². The van der Waals surface area contributed by atoms with Gasteiger partial charge in [0.25, 0.3) is 0 Å². The van der Waals surface area contributed by atoms with Crippen molar-refractivity contribution in [2.75, 3.05) is 11.9 Å². The van der Waals surface area contributed by atoms with Gasteiger partial charge in [0.15, 0.2) is 0 Å². The number of carbonyl (C=O) groups excluding carboxylic acids is 1. The summed E-state index contributed by atoms with van der Waals surface area (Å²) in [6.45, 7) is 0.600. The first kappa shape index (κ1) is 16.7. The highest BCUT2D eigenvalue weighted by atomic mass is 127. The van der Waals surface area contributed by atoms with E-state index in [0.29, 0.717) is 13.0 Å². The molecule has 1 aromatic rings. The lowest BCUT2D eigenvalue weighted by molar-refractivity contribution is -0.137. The van der Waals surface area contributed by atoms with Gasteiger partial charge in [0.1, 0.15) is 0 Å². The van der Waals surface area contributed by atoms with Crippen molar-refractivity contribution in [2.24, 2.45) is 0 Å². The highest BCUT2D eigenvalue weighted by Gasteiger charge is 2.01. The summed E-state index contributed by atoms with van der Waals surface area (Å²) in [6.07, 6.45) is 3.59. The van der Waals surface area contributed by atoms with Crippen LogP contribution >= 0.6 is 22.6 Å². The van der Waals surface area contributed by atoms with Gasteiger partial charge in [0.05, 0.1) is 0 Å². The quantitative estimate of drug-likeness (QED) is 0.470. The third-order valence-corrected chi connectivity index (χ3v) is 3.42. The molecular weight excluding hydrogens is 371 g/mol. The van der Waals surface area contributed by atoms with Gasteiger partial charge in [-0.3, -0.25) is 4.79 Å². The van der Waals surface area contributed by atoms with Crippen LogP contribution in [0, 0.1) is 3.57 Å². The molecule has 0 atom stereocenters. The van der Waals surface area contributed by atoms with E-state index in [1.54, 1.807) is 0 Å². The predicted molar refractivity (Wildman–Crippen MR) is 86.9 cm³/mol. The van der Waals surface area contributed by atoms with E-state index in [-0.39, 0.29) is 12.5 Å². The molecule has 0 aliphatic carbocycles. The molecule has 0 radical (unpaired) electrons. The van der Waals surface area contributed by atoms with Crippen molar-refractivity contribution in [1.82, 2.24) is 5.32 Å². The molecule has 0 heterocycles. The van der Waals surface area contributed by atoms with E-state index in [1.807, 2.05) is 24.3 Å². The number of unbranched alkanes of at least 4 members (excludes halogenated alkanes) is 3. The normalized spacial score (nSPS) is 10.1. The molecule has 110 valence electrons. The molecule has 0 spiro atoms. The summed E-state index contributed by atoms with van der Waals surface area (Å²) >= 11 is 2.21. The number of benzene rings is 1. The van der Waals surface area contributed by atoms with Gasteiger partial charge >= 0.3 is 12.0 Å². The molecule has 20 heavy (non-hydrogen) atoms. The second-order valence-electron chi connectivity index (χ2n) is 4.45. The van der Waals surface area contributed by atoms with Gasteiger partial charge < -0.3 is 15.7 Å². The largest absolute Gasteiger partial charge is 0.481 e. The lowest BCUT2D eigenvalue weighted by Crippen LogP contribution is -2.29. The highest BCUT2D eigenvalue weighted by molar-refractivity contribution is 14.1. The second kappa shape index (κ2) is 9.57. The lowest BCUT2D eigenvalue weighted by Gasteiger charge is -2.07. The van der Waals surface area contributed by atoms with Crippen molar-refractivity contribution in [2.45, 2.75) is 32.1 Å². The van der Waals surface area contributed by atoms with Gasteiger partial charge in [-0.05, 0) is 59.7 Å². The van der Waals surface area contributed by atoms with Crippen molar-refractivity contribution < 1.29 is 14.7 Å². The minimum absolute atomic E-state index is 0.211. The van der Waals surface area contributed by atoms with E-state index >= 15 is 0 Å². The minimum atomic E-state index is -0.750. The van der Waals surface area contributed by atoms with E-state index in [2.05, 4.69) is 33.2 Å². The van der Waals surface area contributed by atoms with E-state index in [1.165, 1.54) is 0 Å². The maximum Gasteiger partial charge on any atom is 0.319 e. The number of aliphatic carboxylic acids is 1. The van der Waals surface area contributed by atoms with Crippen molar-refractivity contribution in [3.05, 3.63) is 27.8 Å². The number of carboxylic acids is 1. The van der Waals surface area contributed by atoms with Crippen molar-refractivity contribution in [3.63, 3.8) is 0 Å². The van der Waals surface area contributed by atoms with Crippen LogP contribution in [0.25, 0.3) is 0 Å². The van der Waals surface area contributed by atoms with Crippen LogP contribution in [0.2, 0.25) is 0 Å². The summed E-state index contributed by atoms with van der Waals surface area (Å²) in [7, 11) is 0. The smallest absolute Gasteiger partial charge is 0.319 e. The Kier molecular flexibility index (Phi) is 8.01. The average Bonchev–Trinajstić information content (AvgIpc) is 2.40. The molecule has 0 aromatic heterocycles. The van der Waals surface area contributed by atoms with Gasteiger partial charge in [-0.25, -0.2) is 4.79 Å². The number of urea groups is 1. The first-order valence-electron chi connectivity index (χ1n) is 6.60. The maximum atomic E-state index is 11.6. The Morgan fingerprint density at radius 2 is 1.70 bits per heavy atom. The number of carbonyl (C=O) groups is 2. The molecule has 0 fully saturated rings. The van der Waals surface area contributed by atoms with Crippen LogP contribution in [0.5, 0.6) is 0 Å². The predicted octanol–water partition coefficient (Wildman–Crippen LogP) is 3.45. The zero-order valence-corrected chi connectivity index (χ0v) is 13.4. The standard InChI is InChI=1S/C14H19IN2O3/c15-11-6-8-12(9-7-11)17-14(20)16-10-4-2-1-3-5-13(18)19/h6-9H,1-5,10H2,(H,18,19)(H2,16,17,20). The number of hydrogen-bond acceptors (Lipinski definition) is 2. The van der Waals surface area contributed by atoms with E-state index in [9.17, 15) is 9.59 Å². The molecule has 1 rings (SSSR count). The number of anilines is 1. The molecule has 0 aliphatic rings. The number of amides is 2. The number of carboxylic acid groups (broad SMARTS) is 1. The van der Waals surface area contributed by atoms with Gasteiger partial charge in [-0.1, -0.05) is 12.8 Å². The van der Waals surface area contributed by atoms with E-state index < -0.39 is 5.97 Å². The van der Waals surface area contributed by atoms with Crippen LogP contribution in [0.3, 0.4) is 0 Å². The van der Waals surface area contributed by atoms with Crippen LogP contribution in [0.1, 0.15) is 32.1 Å². The van der Waals surface area contributed by atoms with Gasteiger partial charge in [0.2, 0.25) is 0 Å². The van der Waals surface area contributed by atoms with Gasteiger partial charge in [-0.15, -0.1) is 0 Å². The molecule has 0 unspecified atom stereocenters. The van der Waals surface area contributed by atoms with E-state index in [0.717, 1.165) is 28.5 Å². The minimum Gasteiger partial charge on any atom is -0.481 e. The first-order chi connectivity index (χ1) is 9.58. The average molecular weight is 390 g/mol. The van der Waals surface area contributed by atoms with Crippen molar-refractivity contribution >= 4 is 40.3 Å². The maximum absolute atomic E-state index is 11.6. The summed E-state index contributed by atoms with van der Waals surface area (Å²) in [5.41, 5.74) is 0.768. The monoisotopic (exact) mass is 390 g/mol. The third-order valence-electron chi connectivity index (χ3n) is 2.71. The molecule has 0 aliphatic heterocycles. The summed E-state index contributed by atoms with van der Waals surface area (Å²) in [6, 6.07) is 7.36. The molecule has 0 bridgehead atoms. The zero-order chi connectivity index (χ0) is 14.8. The fourth-order valence-corrected chi connectivity index (χ4v) is 2.02. The molecule has 2 amide bonds. The Morgan fingerprint density at radius 1 is 1.05 bits per heavy atom. The molecule has 1 aromatic carbocycles. The molecular formula is C14H19IN2O3. The van der Waals surface area contributed by atoms with Crippen LogP contribution < -0.4 is 10.6 Å². The summed E-state index contributed by atoms with van der Waals surface area (Å²) < 4.78 is 1.12. The number of rotatable bonds is 8. The van der Waals surface area contributed by atoms with E-state index in [4.69, 9.17) is 5.11 Å². The zero-order valence-electron chi connectivity index (χ0n) is 11.2. The Balaban J connectivity index is 2.05. The Labute approximate surface area is 132 Å². The molecule has 3 N–H and O–H groups in total. The molecule has 6 heteroatoms. The third kappa shape index (κ3) is 7.98. The fraction of sp³-hybridized carbons (Fsp3) is 0.429. The highest BCUT2D eigenvalue weighted by Crippen LogP contribution is 2.10. The van der Waals surface area contributed by atoms with Crippen molar-refractivity contribution in [3.8, 4) is 0 Å². The molecule has 0 saturated carbocycles. The Morgan fingerprint density at radius 3 is 2.35 bits per heavy atom. The van der Waals surface area contributed by atoms with Crippen LogP contribution in [-0.4, -0.2) is 23.7 Å². The topological polar surface area (TPSA) is 78.4 Å². The Hall–Kier alpha value is -1.31. The van der Waals surface area contributed by atoms with Crippen LogP contribution in [-0.2, 0) is 4.79 Å². The number of halogens is 1.